The lowest BCUT2D eigenvalue weighted by molar-refractivity contribution is -0.130. The van der Waals surface area contributed by atoms with Gasteiger partial charge in [-0.15, -0.1) is 0 Å². The molecule has 1 N–H and O–H groups in total. The molecule has 0 fully saturated rings. The fourth-order valence-electron chi connectivity index (χ4n) is 1.43. The number of carbonyl (C=O) groups is 2. The van der Waals surface area contributed by atoms with Gasteiger partial charge in [0.1, 0.15) is 5.82 Å². The Kier molecular flexibility index (Phi) is 5.59. The van der Waals surface area contributed by atoms with Gasteiger partial charge in [0.2, 0.25) is 0 Å². The van der Waals surface area contributed by atoms with Crippen LogP contribution in [0.15, 0.2) is 12.1 Å². The Hall–Kier alpha value is -1.33. The van der Waals surface area contributed by atoms with Gasteiger partial charge in [-0.25, -0.2) is 9.18 Å². The average molecular weight is 336 g/mol. The van der Waals surface area contributed by atoms with Crippen LogP contribution in [0.25, 0.3) is 0 Å². The molecule has 0 aliphatic carbocycles. The predicted molar refractivity (Wildman–Crippen MR) is 79.2 cm³/mol. The maximum atomic E-state index is 13.4. The average Bonchev–Trinajstić information content (AvgIpc) is 2.31. The summed E-state index contributed by atoms with van der Waals surface area (Å²) in [4.78, 5) is 23.7. The van der Waals surface area contributed by atoms with Gasteiger partial charge in [-0.3, -0.25) is 4.79 Å². The minimum absolute atomic E-state index is 0.0465. The number of hydrogen-bond donors (Lipinski definition) is 1. The van der Waals surface area contributed by atoms with Gasteiger partial charge in [0, 0.05) is 5.54 Å². The molecule has 1 amide bonds. The highest BCUT2D eigenvalue weighted by Crippen LogP contribution is 2.25. The standard InChI is InChI=1S/C14H16Cl2FNO3/c1-7(12(19)18-14(2,3)4)21-13(20)8-5-11(17)10(16)6-9(8)15/h5-7H,1-4H3,(H,18,19)/t7-/m0/s1. The molecule has 0 radical (unpaired) electrons. The summed E-state index contributed by atoms with van der Waals surface area (Å²) in [5, 5.41) is 2.42. The number of rotatable bonds is 3. The molecule has 0 bridgehead atoms. The van der Waals surface area contributed by atoms with Crippen molar-refractivity contribution in [2.45, 2.75) is 39.3 Å². The zero-order chi connectivity index (χ0) is 16.4. The topological polar surface area (TPSA) is 55.4 Å². The number of esters is 1. The van der Waals surface area contributed by atoms with E-state index in [2.05, 4.69) is 5.32 Å². The molecule has 116 valence electrons. The maximum absolute atomic E-state index is 13.4. The predicted octanol–water partition coefficient (Wildman–Crippen LogP) is 3.59. The lowest BCUT2D eigenvalue weighted by Crippen LogP contribution is -2.46. The van der Waals surface area contributed by atoms with E-state index in [9.17, 15) is 14.0 Å². The molecule has 1 aromatic carbocycles. The van der Waals surface area contributed by atoms with Crippen LogP contribution in [0.4, 0.5) is 4.39 Å². The number of carbonyl (C=O) groups excluding carboxylic acids is 2. The zero-order valence-electron chi connectivity index (χ0n) is 12.1. The molecule has 21 heavy (non-hydrogen) atoms. The lowest BCUT2D eigenvalue weighted by atomic mass is 10.1. The molecule has 4 nitrogen and oxygen atoms in total. The van der Waals surface area contributed by atoms with Crippen LogP contribution < -0.4 is 5.32 Å². The first-order valence-electron chi connectivity index (χ1n) is 6.19. The first kappa shape index (κ1) is 17.7. The van der Waals surface area contributed by atoms with Crippen LogP contribution in [0.5, 0.6) is 0 Å². The number of halogens is 3. The van der Waals surface area contributed by atoms with Crippen molar-refractivity contribution < 1.29 is 18.7 Å². The van der Waals surface area contributed by atoms with E-state index in [4.69, 9.17) is 27.9 Å². The van der Waals surface area contributed by atoms with Crippen molar-refractivity contribution in [1.82, 2.24) is 5.32 Å². The summed E-state index contributed by atoms with van der Waals surface area (Å²) in [6.45, 7) is 6.81. The molecule has 0 aliphatic rings. The highest BCUT2D eigenvalue weighted by molar-refractivity contribution is 6.36. The van der Waals surface area contributed by atoms with E-state index in [0.717, 1.165) is 12.1 Å². The summed E-state index contributed by atoms with van der Waals surface area (Å²) in [5.41, 5.74) is -0.643. The van der Waals surface area contributed by atoms with Crippen molar-refractivity contribution in [1.29, 1.82) is 0 Å². The second kappa shape index (κ2) is 6.62. The van der Waals surface area contributed by atoms with Crippen LogP contribution in [-0.2, 0) is 9.53 Å². The summed E-state index contributed by atoms with van der Waals surface area (Å²) < 4.78 is 18.3. The minimum Gasteiger partial charge on any atom is -0.449 e. The van der Waals surface area contributed by atoms with Crippen LogP contribution in [0.1, 0.15) is 38.1 Å². The van der Waals surface area contributed by atoms with E-state index in [1.54, 1.807) is 20.8 Å². The van der Waals surface area contributed by atoms with Gasteiger partial charge in [-0.05, 0) is 39.8 Å². The Balaban J connectivity index is 2.82. The molecule has 0 saturated carbocycles. The second-order valence-corrected chi connectivity index (χ2v) is 6.35. The third kappa shape index (κ3) is 5.17. The first-order valence-corrected chi connectivity index (χ1v) is 6.94. The van der Waals surface area contributed by atoms with Gasteiger partial charge in [-0.2, -0.15) is 0 Å². The Bertz CT molecular complexity index is 570. The van der Waals surface area contributed by atoms with Crippen molar-refractivity contribution in [2.75, 3.05) is 0 Å². The third-order valence-electron chi connectivity index (χ3n) is 2.38. The lowest BCUT2D eigenvalue weighted by Gasteiger charge is -2.23. The number of nitrogens with one attached hydrogen (secondary N) is 1. The first-order chi connectivity index (χ1) is 9.51. The molecule has 1 rings (SSSR count). The van der Waals surface area contributed by atoms with Gasteiger partial charge in [0.15, 0.2) is 6.10 Å². The van der Waals surface area contributed by atoms with Gasteiger partial charge < -0.3 is 10.1 Å². The summed E-state index contributed by atoms with van der Waals surface area (Å²) in [7, 11) is 0. The van der Waals surface area contributed by atoms with Crippen LogP contribution in [0.2, 0.25) is 10.0 Å². The van der Waals surface area contributed by atoms with Crippen molar-refractivity contribution in [3.63, 3.8) is 0 Å². The van der Waals surface area contributed by atoms with Gasteiger partial charge >= 0.3 is 5.97 Å². The van der Waals surface area contributed by atoms with E-state index in [-0.39, 0.29) is 15.6 Å². The number of amides is 1. The van der Waals surface area contributed by atoms with Gasteiger partial charge in [0.25, 0.3) is 5.91 Å². The van der Waals surface area contributed by atoms with Gasteiger partial charge in [-0.1, -0.05) is 23.2 Å². The summed E-state index contributed by atoms with van der Waals surface area (Å²) in [6, 6.07) is 1.98. The summed E-state index contributed by atoms with van der Waals surface area (Å²) >= 11 is 11.4. The monoisotopic (exact) mass is 335 g/mol. The Morgan fingerprint density at radius 2 is 1.81 bits per heavy atom. The van der Waals surface area contributed by atoms with Gasteiger partial charge in [0.05, 0.1) is 15.6 Å². The minimum atomic E-state index is -1.04. The molecule has 0 unspecified atom stereocenters. The van der Waals surface area contributed by atoms with Crippen molar-refractivity contribution in [3.8, 4) is 0 Å². The Labute approximate surface area is 132 Å². The van der Waals surface area contributed by atoms with Crippen molar-refractivity contribution >= 4 is 35.1 Å². The second-order valence-electron chi connectivity index (χ2n) is 5.53. The van der Waals surface area contributed by atoms with E-state index < -0.39 is 29.3 Å². The molecular formula is C14H16Cl2FNO3. The molecule has 0 spiro atoms. The van der Waals surface area contributed by atoms with Crippen LogP contribution in [0.3, 0.4) is 0 Å². The quantitative estimate of drug-likeness (QED) is 0.678. The normalized spacial score (nSPS) is 12.7. The summed E-state index contributed by atoms with van der Waals surface area (Å²) in [5.74, 6) is -2.15. The SMILES string of the molecule is C[C@H](OC(=O)c1cc(F)c(Cl)cc1Cl)C(=O)NC(C)(C)C. The van der Waals surface area contributed by atoms with Crippen LogP contribution in [-0.4, -0.2) is 23.5 Å². The van der Waals surface area contributed by atoms with Crippen molar-refractivity contribution in [2.24, 2.45) is 0 Å². The Morgan fingerprint density at radius 1 is 1.24 bits per heavy atom. The molecule has 1 aromatic rings. The fourth-order valence-corrected chi connectivity index (χ4v) is 1.89. The molecule has 0 heterocycles. The molecule has 1 atom stereocenters. The largest absolute Gasteiger partial charge is 0.449 e. The smallest absolute Gasteiger partial charge is 0.340 e. The van der Waals surface area contributed by atoms with Crippen molar-refractivity contribution in [3.05, 3.63) is 33.6 Å². The highest BCUT2D eigenvalue weighted by Gasteiger charge is 2.24. The molecule has 0 aromatic heterocycles. The maximum Gasteiger partial charge on any atom is 0.340 e. The van der Waals surface area contributed by atoms with Crippen LogP contribution >= 0.6 is 23.2 Å². The van der Waals surface area contributed by atoms with E-state index >= 15 is 0 Å². The van der Waals surface area contributed by atoms with E-state index in [0.29, 0.717) is 0 Å². The zero-order valence-corrected chi connectivity index (χ0v) is 13.6. The number of hydrogen-bond acceptors (Lipinski definition) is 3. The van der Waals surface area contributed by atoms with E-state index in [1.807, 2.05) is 0 Å². The highest BCUT2D eigenvalue weighted by atomic mass is 35.5. The molecule has 0 saturated heterocycles. The fraction of sp³-hybridized carbons (Fsp3) is 0.429. The number of ether oxygens (including phenoxy) is 1. The number of benzene rings is 1. The summed E-state index contributed by atoms with van der Waals surface area (Å²) in [6.07, 6.45) is -1.04. The molecule has 0 aliphatic heterocycles. The molecular weight excluding hydrogens is 320 g/mol. The molecule has 7 heteroatoms. The Morgan fingerprint density at radius 3 is 2.33 bits per heavy atom. The third-order valence-corrected chi connectivity index (χ3v) is 2.98. The van der Waals surface area contributed by atoms with E-state index in [1.165, 1.54) is 6.92 Å². The van der Waals surface area contributed by atoms with Crippen LogP contribution in [0, 0.1) is 5.82 Å².